The monoisotopic (exact) mass is 207 g/mol. The van der Waals surface area contributed by atoms with Gasteiger partial charge in [0.05, 0.1) is 0 Å². The predicted molar refractivity (Wildman–Crippen MR) is 72.0 cm³/mol. The van der Waals surface area contributed by atoms with Crippen LogP contribution in [-0.4, -0.2) is 20.9 Å². The van der Waals surface area contributed by atoms with Gasteiger partial charge in [-0.15, -0.1) is 0 Å². The van der Waals surface area contributed by atoms with Crippen LogP contribution in [0.15, 0.2) is 0 Å². The highest BCUT2D eigenvalue weighted by Crippen LogP contribution is 2.03. The molecule has 84 valence electrons. The highest BCUT2D eigenvalue weighted by molar-refractivity contribution is 6.87. The second kappa shape index (κ2) is 7.36. The molecule has 6 heteroatoms. The molecule has 1 rings (SSSR count). The van der Waals surface area contributed by atoms with Crippen molar-refractivity contribution >= 4 is 20.9 Å². The van der Waals surface area contributed by atoms with Crippen molar-refractivity contribution in [3.8, 4) is 0 Å². The van der Waals surface area contributed by atoms with Crippen molar-refractivity contribution in [1.29, 1.82) is 0 Å². The summed E-state index contributed by atoms with van der Waals surface area (Å²) in [5, 5.41) is 10.9. The average molecular weight is 207 g/mol. The van der Waals surface area contributed by atoms with E-state index in [4.69, 9.17) is 0 Å². The summed E-state index contributed by atoms with van der Waals surface area (Å²) in [5.41, 5.74) is 0. The number of nitrogens with one attached hydrogen (secondary N) is 3. The molecule has 1 saturated heterocycles. The summed E-state index contributed by atoms with van der Waals surface area (Å²) < 4.78 is 0. The Morgan fingerprint density at radius 2 is 0.867 bits per heavy atom. The quantitative estimate of drug-likeness (QED) is 0.576. The highest BCUT2D eigenvalue weighted by Gasteiger charge is 2.32. The maximum absolute atomic E-state index is 3.62. The molecule has 1 fully saturated rings. The summed E-state index contributed by atoms with van der Waals surface area (Å²) in [6.07, 6.45) is 7.39. The van der Waals surface area contributed by atoms with E-state index in [1.54, 1.807) is 0 Å². The van der Waals surface area contributed by atoms with Crippen molar-refractivity contribution in [2.75, 3.05) is 0 Å². The van der Waals surface area contributed by atoms with Crippen LogP contribution in [0, 0.1) is 0 Å². The van der Waals surface area contributed by atoms with Crippen LogP contribution >= 0.6 is 0 Å². The minimum Gasteiger partial charge on any atom is -0.371 e. The molecule has 0 spiro atoms. The van der Waals surface area contributed by atoms with E-state index in [0.29, 0.717) is 20.9 Å². The molecule has 0 unspecified atom stereocenters. The van der Waals surface area contributed by atoms with Gasteiger partial charge in [-0.1, -0.05) is 40.0 Å². The number of hydrogen-bond donors (Lipinski definition) is 3. The zero-order valence-electron chi connectivity index (χ0n) is 10.5. The fraction of sp³-hybridized carbons (Fsp3) is 1.00. The molecule has 15 heavy (non-hydrogen) atoms. The van der Waals surface area contributed by atoms with Crippen LogP contribution < -0.4 is 15.4 Å². The molecule has 0 bridgehead atoms. The number of rotatable bonds is 6. The molecule has 0 aromatic carbocycles. The van der Waals surface area contributed by atoms with E-state index < -0.39 is 0 Å². The first kappa shape index (κ1) is 13.1. The predicted octanol–water partition coefficient (Wildman–Crippen LogP) is 1.46. The lowest BCUT2D eigenvalue weighted by atomic mass is 9.46. The Morgan fingerprint density at radius 1 is 0.600 bits per heavy atom. The number of hydrogen-bond acceptors (Lipinski definition) is 3. The SMILES string of the molecule is CCCB1NB(CCC)NB(CCC)N1. The molecule has 1 aliphatic rings. The summed E-state index contributed by atoms with van der Waals surface area (Å²) in [5.74, 6) is 0. The van der Waals surface area contributed by atoms with E-state index in [0.717, 1.165) is 0 Å². The van der Waals surface area contributed by atoms with Gasteiger partial charge in [0.25, 0.3) is 20.9 Å². The van der Waals surface area contributed by atoms with Crippen molar-refractivity contribution in [3.63, 3.8) is 0 Å². The van der Waals surface area contributed by atoms with Crippen molar-refractivity contribution in [2.45, 2.75) is 59.0 Å². The Morgan fingerprint density at radius 3 is 1.07 bits per heavy atom. The molecule has 0 radical (unpaired) electrons. The molecule has 0 aromatic rings. The summed E-state index contributed by atoms with van der Waals surface area (Å²) in [7, 11) is 0. The molecule has 1 heterocycles. The van der Waals surface area contributed by atoms with Gasteiger partial charge in [-0.05, 0) is 19.0 Å². The largest absolute Gasteiger partial charge is 0.371 e. The molecule has 3 nitrogen and oxygen atoms in total. The van der Waals surface area contributed by atoms with Crippen LogP contribution in [0.25, 0.3) is 0 Å². The highest BCUT2D eigenvalue weighted by atomic mass is 15.0. The zero-order valence-corrected chi connectivity index (χ0v) is 10.5. The minimum absolute atomic E-state index is 0.504. The first-order valence-corrected chi connectivity index (χ1v) is 6.58. The maximum Gasteiger partial charge on any atom is 0.284 e. The minimum atomic E-state index is 0.504. The van der Waals surface area contributed by atoms with Gasteiger partial charge in [0, 0.05) is 0 Å². The van der Waals surface area contributed by atoms with Crippen molar-refractivity contribution < 1.29 is 0 Å². The molecule has 0 aliphatic carbocycles. The second-order valence-electron chi connectivity index (χ2n) is 4.52. The van der Waals surface area contributed by atoms with Crippen LogP contribution in [0.3, 0.4) is 0 Å². The lowest BCUT2D eigenvalue weighted by Crippen LogP contribution is -2.74. The maximum atomic E-state index is 3.62. The van der Waals surface area contributed by atoms with Gasteiger partial charge in [-0.2, -0.15) is 0 Å². The Kier molecular flexibility index (Phi) is 6.45. The van der Waals surface area contributed by atoms with Crippen LogP contribution in [0.1, 0.15) is 40.0 Å². The zero-order chi connectivity index (χ0) is 11.1. The van der Waals surface area contributed by atoms with Gasteiger partial charge in [-0.25, -0.2) is 0 Å². The van der Waals surface area contributed by atoms with Crippen LogP contribution in [-0.2, 0) is 0 Å². The molecule has 0 atom stereocenters. The lowest BCUT2D eigenvalue weighted by molar-refractivity contribution is 0.949. The lowest BCUT2D eigenvalue weighted by Gasteiger charge is -2.33. The van der Waals surface area contributed by atoms with E-state index in [-0.39, 0.29) is 0 Å². The Labute approximate surface area is 95.9 Å². The standard InChI is InChI=1S/C9H24B3N3/c1-4-7-10-13-11(8-5-2)15-12(14-10)9-6-3/h13-15H,4-9H2,1-3H3. The van der Waals surface area contributed by atoms with Crippen molar-refractivity contribution in [2.24, 2.45) is 0 Å². The Balaban J connectivity index is 2.40. The third kappa shape index (κ3) is 4.62. The van der Waals surface area contributed by atoms with Crippen LogP contribution in [0.4, 0.5) is 0 Å². The summed E-state index contributed by atoms with van der Waals surface area (Å²) in [4.78, 5) is 0. The normalized spacial score (nSPS) is 17.4. The summed E-state index contributed by atoms with van der Waals surface area (Å²) >= 11 is 0. The third-order valence-electron chi connectivity index (χ3n) is 2.94. The Hall–Kier alpha value is 0.0748. The second-order valence-corrected chi connectivity index (χ2v) is 4.52. The van der Waals surface area contributed by atoms with E-state index in [9.17, 15) is 0 Å². The van der Waals surface area contributed by atoms with Gasteiger partial charge in [0.2, 0.25) is 0 Å². The first-order chi connectivity index (χ1) is 7.30. The third-order valence-corrected chi connectivity index (χ3v) is 2.94. The van der Waals surface area contributed by atoms with Gasteiger partial charge in [0.15, 0.2) is 0 Å². The molecule has 3 N–H and O–H groups in total. The Bertz CT molecular complexity index is 136. The van der Waals surface area contributed by atoms with Gasteiger partial charge in [-0.3, -0.25) is 0 Å². The van der Waals surface area contributed by atoms with Crippen molar-refractivity contribution in [3.05, 3.63) is 0 Å². The van der Waals surface area contributed by atoms with E-state index in [1.165, 1.54) is 38.2 Å². The summed E-state index contributed by atoms with van der Waals surface area (Å²) in [6.45, 7) is 8.25. The van der Waals surface area contributed by atoms with Gasteiger partial charge < -0.3 is 15.4 Å². The molecule has 0 aromatic heterocycles. The van der Waals surface area contributed by atoms with Crippen LogP contribution in [0.2, 0.25) is 19.0 Å². The average Bonchev–Trinajstić information content (AvgIpc) is 2.19. The molecule has 1 aliphatic heterocycles. The molecular formula is C9H24B3N3. The van der Waals surface area contributed by atoms with E-state index in [1.807, 2.05) is 0 Å². The van der Waals surface area contributed by atoms with Gasteiger partial charge in [0.1, 0.15) is 0 Å². The summed E-state index contributed by atoms with van der Waals surface area (Å²) in [6, 6.07) is 0. The molecule has 0 amide bonds. The molecule has 0 saturated carbocycles. The smallest absolute Gasteiger partial charge is 0.284 e. The fourth-order valence-electron chi connectivity index (χ4n) is 2.24. The first-order valence-electron chi connectivity index (χ1n) is 6.58. The fourth-order valence-corrected chi connectivity index (χ4v) is 2.24. The van der Waals surface area contributed by atoms with E-state index >= 15 is 0 Å². The van der Waals surface area contributed by atoms with Crippen LogP contribution in [0.5, 0.6) is 0 Å². The van der Waals surface area contributed by atoms with Crippen molar-refractivity contribution in [1.82, 2.24) is 15.4 Å². The topological polar surface area (TPSA) is 36.1 Å². The molecular weight excluding hydrogens is 183 g/mol. The van der Waals surface area contributed by atoms with E-state index in [2.05, 4.69) is 36.2 Å². The van der Waals surface area contributed by atoms with Gasteiger partial charge >= 0.3 is 0 Å².